The summed E-state index contributed by atoms with van der Waals surface area (Å²) >= 11 is 6.16. The lowest BCUT2D eigenvalue weighted by molar-refractivity contribution is 0.0689. The normalized spacial score (nSPS) is 11.0. The van der Waals surface area contributed by atoms with Gasteiger partial charge in [-0.15, -0.1) is 0 Å². The quantitative estimate of drug-likeness (QED) is 0.737. The molecule has 0 aliphatic carbocycles. The van der Waals surface area contributed by atoms with Gasteiger partial charge in [0.2, 0.25) is 0 Å². The van der Waals surface area contributed by atoms with Crippen LogP contribution in [-0.4, -0.2) is 68.1 Å². The number of amides is 1. The average Bonchev–Trinajstić information content (AvgIpc) is 2.41. The van der Waals surface area contributed by atoms with E-state index in [2.05, 4.69) is 9.88 Å². The van der Waals surface area contributed by atoms with E-state index < -0.39 is 0 Å². The monoisotopic (exact) mass is 313 g/mol. The van der Waals surface area contributed by atoms with Gasteiger partial charge >= 0.3 is 0 Å². The largest absolute Gasteiger partial charge is 0.383 e. The van der Waals surface area contributed by atoms with E-state index in [9.17, 15) is 4.79 Å². The van der Waals surface area contributed by atoms with Crippen molar-refractivity contribution in [3.05, 3.63) is 28.5 Å². The molecule has 0 spiro atoms. The molecule has 6 heteroatoms. The molecule has 21 heavy (non-hydrogen) atoms. The van der Waals surface area contributed by atoms with Crippen molar-refractivity contribution in [2.75, 3.05) is 47.4 Å². The number of nitrogens with zero attached hydrogens (tertiary/aromatic N) is 3. The first kappa shape index (κ1) is 17.9. The molecule has 0 aliphatic heterocycles. The molecule has 0 saturated heterocycles. The van der Waals surface area contributed by atoms with Crippen molar-refractivity contribution in [1.82, 2.24) is 14.8 Å². The third kappa shape index (κ3) is 5.99. The van der Waals surface area contributed by atoms with Gasteiger partial charge in [-0.25, -0.2) is 0 Å². The fourth-order valence-electron chi connectivity index (χ4n) is 1.95. The molecule has 1 aromatic rings. The Hall–Kier alpha value is -1.17. The zero-order valence-corrected chi connectivity index (χ0v) is 14.0. The summed E-state index contributed by atoms with van der Waals surface area (Å²) in [4.78, 5) is 20.6. The van der Waals surface area contributed by atoms with Gasteiger partial charge in [-0.2, -0.15) is 0 Å². The molecular formula is C15H24ClN3O2. The fraction of sp³-hybridized carbons (Fsp3) is 0.600. The van der Waals surface area contributed by atoms with Crippen LogP contribution in [0, 0.1) is 6.92 Å². The molecule has 1 rings (SSSR count). The van der Waals surface area contributed by atoms with E-state index in [1.165, 1.54) is 0 Å². The van der Waals surface area contributed by atoms with Gasteiger partial charge < -0.3 is 14.5 Å². The average molecular weight is 314 g/mol. The maximum Gasteiger partial charge on any atom is 0.257 e. The Bertz CT molecular complexity index is 466. The number of carbonyl (C=O) groups excluding carboxylic acids is 1. The van der Waals surface area contributed by atoms with Gasteiger partial charge in [0.15, 0.2) is 0 Å². The van der Waals surface area contributed by atoms with Gasteiger partial charge in [0.05, 0.1) is 17.2 Å². The van der Waals surface area contributed by atoms with Crippen LogP contribution in [0.4, 0.5) is 0 Å². The Morgan fingerprint density at radius 2 is 2.05 bits per heavy atom. The molecule has 0 unspecified atom stereocenters. The van der Waals surface area contributed by atoms with Gasteiger partial charge in [0, 0.05) is 32.1 Å². The minimum atomic E-state index is -0.0942. The third-order valence-corrected chi connectivity index (χ3v) is 3.42. The SMILES string of the molecule is COCCN(CCCN(C)C)C(=O)c1cnc(C)cc1Cl. The lowest BCUT2D eigenvalue weighted by atomic mass is 10.2. The molecule has 1 aromatic heterocycles. The smallest absolute Gasteiger partial charge is 0.257 e. The summed E-state index contributed by atoms with van der Waals surface area (Å²) in [6.07, 6.45) is 2.45. The summed E-state index contributed by atoms with van der Waals surface area (Å²) < 4.78 is 5.08. The van der Waals surface area contributed by atoms with Gasteiger partial charge in [-0.05, 0) is 40.1 Å². The summed E-state index contributed by atoms with van der Waals surface area (Å²) in [6.45, 7) is 4.50. The van der Waals surface area contributed by atoms with Crippen molar-refractivity contribution < 1.29 is 9.53 Å². The van der Waals surface area contributed by atoms with E-state index in [0.717, 1.165) is 18.7 Å². The summed E-state index contributed by atoms with van der Waals surface area (Å²) in [7, 11) is 5.66. The van der Waals surface area contributed by atoms with Gasteiger partial charge in [0.1, 0.15) is 0 Å². The lowest BCUT2D eigenvalue weighted by Crippen LogP contribution is -2.36. The van der Waals surface area contributed by atoms with E-state index in [1.54, 1.807) is 24.3 Å². The number of rotatable bonds is 8. The molecule has 0 N–H and O–H groups in total. The molecule has 0 saturated carbocycles. The highest BCUT2D eigenvalue weighted by atomic mass is 35.5. The van der Waals surface area contributed by atoms with Crippen LogP contribution >= 0.6 is 11.6 Å². The van der Waals surface area contributed by atoms with Crippen molar-refractivity contribution in [2.24, 2.45) is 0 Å². The zero-order valence-electron chi connectivity index (χ0n) is 13.2. The van der Waals surface area contributed by atoms with Gasteiger partial charge in [-0.1, -0.05) is 11.6 Å². The number of aryl methyl sites for hydroxylation is 1. The van der Waals surface area contributed by atoms with Crippen LogP contribution in [0.2, 0.25) is 5.02 Å². The Labute approximate surface area is 131 Å². The van der Waals surface area contributed by atoms with E-state index in [4.69, 9.17) is 16.3 Å². The first-order valence-electron chi connectivity index (χ1n) is 7.00. The molecule has 0 fully saturated rings. The number of methoxy groups -OCH3 is 1. The van der Waals surface area contributed by atoms with E-state index in [-0.39, 0.29) is 5.91 Å². The third-order valence-electron chi connectivity index (χ3n) is 3.11. The number of halogens is 1. The number of pyridine rings is 1. The Kier molecular flexibility index (Phi) is 7.64. The summed E-state index contributed by atoms with van der Waals surface area (Å²) in [5.41, 5.74) is 1.25. The molecule has 1 heterocycles. The maximum atomic E-state index is 12.6. The maximum absolute atomic E-state index is 12.6. The van der Waals surface area contributed by atoms with Gasteiger partial charge in [-0.3, -0.25) is 9.78 Å². The van der Waals surface area contributed by atoms with Crippen LogP contribution in [-0.2, 0) is 4.74 Å². The Morgan fingerprint density at radius 3 is 2.62 bits per heavy atom. The Balaban J connectivity index is 2.77. The zero-order chi connectivity index (χ0) is 15.8. The number of ether oxygens (including phenoxy) is 1. The standard InChI is InChI=1S/C15H24ClN3O2/c1-12-10-14(16)13(11-17-12)15(20)19(8-9-21-4)7-5-6-18(2)3/h10-11H,5-9H2,1-4H3. The van der Waals surface area contributed by atoms with Crippen LogP contribution in [0.1, 0.15) is 22.5 Å². The van der Waals surface area contributed by atoms with Crippen molar-refractivity contribution in [2.45, 2.75) is 13.3 Å². The molecule has 0 radical (unpaired) electrons. The predicted molar refractivity (Wildman–Crippen MR) is 84.9 cm³/mol. The molecular weight excluding hydrogens is 290 g/mol. The van der Waals surface area contributed by atoms with E-state index in [0.29, 0.717) is 30.3 Å². The summed E-state index contributed by atoms with van der Waals surface area (Å²) in [5.74, 6) is -0.0942. The number of hydrogen-bond donors (Lipinski definition) is 0. The first-order valence-corrected chi connectivity index (χ1v) is 7.38. The summed E-state index contributed by atoms with van der Waals surface area (Å²) in [5, 5.41) is 0.447. The van der Waals surface area contributed by atoms with Crippen LogP contribution in [0.5, 0.6) is 0 Å². The molecule has 5 nitrogen and oxygen atoms in total. The van der Waals surface area contributed by atoms with Gasteiger partial charge in [0.25, 0.3) is 5.91 Å². The Morgan fingerprint density at radius 1 is 1.33 bits per heavy atom. The molecule has 0 aliphatic rings. The molecule has 1 amide bonds. The highest BCUT2D eigenvalue weighted by Crippen LogP contribution is 2.18. The first-order chi connectivity index (χ1) is 9.95. The second-order valence-electron chi connectivity index (χ2n) is 5.25. The molecule has 0 atom stereocenters. The topological polar surface area (TPSA) is 45.7 Å². The van der Waals surface area contributed by atoms with Crippen LogP contribution in [0.15, 0.2) is 12.3 Å². The number of aromatic nitrogens is 1. The van der Waals surface area contributed by atoms with Crippen molar-refractivity contribution in [3.63, 3.8) is 0 Å². The molecule has 0 bridgehead atoms. The van der Waals surface area contributed by atoms with Crippen molar-refractivity contribution in [1.29, 1.82) is 0 Å². The lowest BCUT2D eigenvalue weighted by Gasteiger charge is -2.23. The second-order valence-corrected chi connectivity index (χ2v) is 5.65. The minimum absolute atomic E-state index is 0.0942. The van der Waals surface area contributed by atoms with Crippen LogP contribution in [0.25, 0.3) is 0 Å². The molecule has 0 aromatic carbocycles. The highest BCUT2D eigenvalue weighted by molar-refractivity contribution is 6.33. The predicted octanol–water partition coefficient (Wildman–Crippen LogP) is 2.08. The van der Waals surface area contributed by atoms with E-state index >= 15 is 0 Å². The minimum Gasteiger partial charge on any atom is -0.383 e. The van der Waals surface area contributed by atoms with Crippen LogP contribution < -0.4 is 0 Å². The van der Waals surface area contributed by atoms with E-state index in [1.807, 2.05) is 21.0 Å². The van der Waals surface area contributed by atoms with Crippen molar-refractivity contribution in [3.8, 4) is 0 Å². The second kappa shape index (κ2) is 8.97. The van der Waals surface area contributed by atoms with Crippen LogP contribution in [0.3, 0.4) is 0 Å². The molecule has 118 valence electrons. The number of hydrogen-bond acceptors (Lipinski definition) is 4. The number of carbonyl (C=O) groups is 1. The van der Waals surface area contributed by atoms with Crippen molar-refractivity contribution >= 4 is 17.5 Å². The highest BCUT2D eigenvalue weighted by Gasteiger charge is 2.18. The fourth-order valence-corrected chi connectivity index (χ4v) is 2.24. The summed E-state index contributed by atoms with van der Waals surface area (Å²) in [6, 6.07) is 1.71.